The molecule has 0 aliphatic rings. The number of nitrogens with zero attached hydrogens (tertiary/aromatic N) is 2. The maximum absolute atomic E-state index is 13.5. The van der Waals surface area contributed by atoms with Gasteiger partial charge in [0.2, 0.25) is 0 Å². The second kappa shape index (κ2) is 5.56. The lowest BCUT2D eigenvalue weighted by atomic mass is 9.92. The summed E-state index contributed by atoms with van der Waals surface area (Å²) in [6.07, 6.45) is 0. The molecule has 2 aromatic rings. The van der Waals surface area contributed by atoms with Gasteiger partial charge in [-0.3, -0.25) is 0 Å². The van der Waals surface area contributed by atoms with Crippen molar-refractivity contribution in [2.75, 3.05) is 0 Å². The monoisotopic (exact) mass is 404 g/mol. The highest BCUT2D eigenvalue weighted by molar-refractivity contribution is 14.1. The molecule has 0 fully saturated rings. The minimum atomic E-state index is -0.296. The first kappa shape index (κ1) is 15.6. The summed E-state index contributed by atoms with van der Waals surface area (Å²) in [6, 6.07) is 4.76. The highest BCUT2D eigenvalue weighted by Crippen LogP contribution is 2.31. The maximum atomic E-state index is 13.5. The average Bonchev–Trinajstić information content (AvgIpc) is 2.29. The Bertz CT molecular complexity index is 645. The molecule has 5 heteroatoms. The van der Waals surface area contributed by atoms with Crippen LogP contribution < -0.4 is 0 Å². The predicted molar refractivity (Wildman–Crippen MR) is 88.6 cm³/mol. The van der Waals surface area contributed by atoms with Gasteiger partial charge in [-0.2, -0.15) is 0 Å². The van der Waals surface area contributed by atoms with Gasteiger partial charge in [-0.25, -0.2) is 14.4 Å². The molecule has 0 N–H and O–H groups in total. The van der Waals surface area contributed by atoms with Crippen molar-refractivity contribution in [2.24, 2.45) is 0 Å². The largest absolute Gasteiger partial charge is 0.231 e. The van der Waals surface area contributed by atoms with Gasteiger partial charge in [0, 0.05) is 11.0 Å². The van der Waals surface area contributed by atoms with Gasteiger partial charge < -0.3 is 0 Å². The van der Waals surface area contributed by atoms with Crippen LogP contribution in [0, 0.1) is 16.3 Å². The van der Waals surface area contributed by atoms with Gasteiger partial charge in [-0.1, -0.05) is 32.4 Å². The molecular formula is C15H15ClFIN2. The van der Waals surface area contributed by atoms with Crippen molar-refractivity contribution in [3.05, 3.63) is 44.0 Å². The van der Waals surface area contributed by atoms with Gasteiger partial charge in [-0.15, -0.1) is 0 Å². The van der Waals surface area contributed by atoms with Crippen molar-refractivity contribution >= 4 is 34.2 Å². The Hall–Kier alpha value is -0.750. The topological polar surface area (TPSA) is 25.8 Å². The van der Waals surface area contributed by atoms with E-state index in [0.717, 1.165) is 14.8 Å². The minimum Gasteiger partial charge on any atom is -0.231 e. The van der Waals surface area contributed by atoms with Crippen LogP contribution >= 0.6 is 34.2 Å². The summed E-state index contributed by atoms with van der Waals surface area (Å²) in [6.45, 7) is 8.03. The van der Waals surface area contributed by atoms with E-state index in [9.17, 15) is 4.39 Å². The van der Waals surface area contributed by atoms with Crippen LogP contribution in [-0.4, -0.2) is 9.97 Å². The van der Waals surface area contributed by atoms with Gasteiger partial charge in [0.25, 0.3) is 0 Å². The zero-order chi connectivity index (χ0) is 15.1. The third-order valence-electron chi connectivity index (χ3n) is 2.82. The van der Waals surface area contributed by atoms with Crippen molar-refractivity contribution in [1.29, 1.82) is 0 Å². The Morgan fingerprint density at radius 3 is 2.35 bits per heavy atom. The van der Waals surface area contributed by atoms with E-state index in [1.54, 1.807) is 0 Å². The molecule has 1 aromatic heterocycles. The van der Waals surface area contributed by atoms with Crippen LogP contribution in [0.25, 0.3) is 11.4 Å². The second-order valence-electron chi connectivity index (χ2n) is 5.77. The van der Waals surface area contributed by atoms with Crippen molar-refractivity contribution < 1.29 is 4.39 Å². The van der Waals surface area contributed by atoms with Gasteiger partial charge in [0.15, 0.2) is 5.82 Å². The number of rotatable bonds is 1. The molecular weight excluding hydrogens is 390 g/mol. The third-order valence-corrected chi connectivity index (χ3v) is 4.44. The molecule has 0 aliphatic carbocycles. The lowest BCUT2D eigenvalue weighted by Gasteiger charge is -2.20. The van der Waals surface area contributed by atoms with Crippen LogP contribution in [0.3, 0.4) is 0 Å². The number of aromatic nitrogens is 2. The van der Waals surface area contributed by atoms with E-state index in [1.807, 2.05) is 13.0 Å². The van der Waals surface area contributed by atoms with Crippen LogP contribution in [0.1, 0.15) is 32.0 Å². The Labute approximate surface area is 136 Å². The lowest BCUT2D eigenvalue weighted by Crippen LogP contribution is -2.17. The van der Waals surface area contributed by atoms with E-state index in [2.05, 4.69) is 53.3 Å². The van der Waals surface area contributed by atoms with Gasteiger partial charge >= 0.3 is 0 Å². The van der Waals surface area contributed by atoms with Crippen molar-refractivity contribution in [2.45, 2.75) is 33.1 Å². The van der Waals surface area contributed by atoms with Crippen LogP contribution in [0.5, 0.6) is 0 Å². The normalized spacial score (nSPS) is 11.8. The van der Waals surface area contributed by atoms with E-state index in [4.69, 9.17) is 11.6 Å². The molecule has 2 nitrogen and oxygen atoms in total. The summed E-state index contributed by atoms with van der Waals surface area (Å²) in [5.74, 6) is 0.165. The van der Waals surface area contributed by atoms with E-state index in [0.29, 0.717) is 16.5 Å². The predicted octanol–water partition coefficient (Wildman–Crippen LogP) is 5.15. The first-order valence-corrected chi connectivity index (χ1v) is 7.65. The van der Waals surface area contributed by atoms with E-state index >= 15 is 0 Å². The Morgan fingerprint density at radius 2 is 1.80 bits per heavy atom. The molecule has 0 radical (unpaired) electrons. The summed E-state index contributed by atoms with van der Waals surface area (Å²) in [5, 5.41) is 0.405. The summed E-state index contributed by atoms with van der Waals surface area (Å²) in [7, 11) is 0. The molecule has 0 unspecified atom stereocenters. The number of hydrogen-bond donors (Lipinski definition) is 0. The molecule has 1 aromatic carbocycles. The molecule has 0 saturated carbocycles. The van der Waals surface area contributed by atoms with E-state index in [-0.39, 0.29) is 11.2 Å². The maximum Gasteiger partial charge on any atom is 0.161 e. The van der Waals surface area contributed by atoms with Gasteiger partial charge in [-0.05, 0) is 53.3 Å². The summed E-state index contributed by atoms with van der Waals surface area (Å²) in [4.78, 5) is 8.87. The molecule has 20 heavy (non-hydrogen) atoms. The van der Waals surface area contributed by atoms with E-state index < -0.39 is 0 Å². The number of aryl methyl sites for hydroxylation is 1. The average molecular weight is 405 g/mol. The Balaban J connectivity index is 2.67. The molecule has 106 valence electrons. The van der Waals surface area contributed by atoms with Gasteiger partial charge in [0.05, 0.1) is 9.26 Å². The first-order chi connectivity index (χ1) is 9.18. The Kier molecular flexibility index (Phi) is 4.35. The Morgan fingerprint density at radius 1 is 1.15 bits per heavy atom. The summed E-state index contributed by atoms with van der Waals surface area (Å²) < 4.78 is 14.4. The SMILES string of the molecule is Cc1cc(F)cc(-c2nc(Cl)c(I)c(C(C)(C)C)n2)c1. The standard InChI is InChI=1S/C15H15ClFIN2/c1-8-5-9(7-10(17)6-8)14-19-12(15(2,3)4)11(18)13(16)20-14/h5-7H,1-4H3. The first-order valence-electron chi connectivity index (χ1n) is 6.19. The lowest BCUT2D eigenvalue weighted by molar-refractivity contribution is 0.563. The van der Waals surface area contributed by atoms with E-state index in [1.165, 1.54) is 12.1 Å². The molecule has 1 heterocycles. The minimum absolute atomic E-state index is 0.153. The highest BCUT2D eigenvalue weighted by Gasteiger charge is 2.23. The smallest absolute Gasteiger partial charge is 0.161 e. The highest BCUT2D eigenvalue weighted by atomic mass is 127. The molecule has 0 amide bonds. The van der Waals surface area contributed by atoms with Crippen molar-refractivity contribution in [3.63, 3.8) is 0 Å². The number of benzene rings is 1. The summed E-state index contributed by atoms with van der Waals surface area (Å²) >= 11 is 8.35. The fourth-order valence-corrected chi connectivity index (χ4v) is 3.13. The van der Waals surface area contributed by atoms with Gasteiger partial charge in [0.1, 0.15) is 11.0 Å². The molecule has 0 aliphatic heterocycles. The zero-order valence-electron chi connectivity index (χ0n) is 11.8. The molecule has 2 rings (SSSR count). The second-order valence-corrected chi connectivity index (χ2v) is 7.20. The fraction of sp³-hybridized carbons (Fsp3) is 0.333. The van der Waals surface area contributed by atoms with Crippen LogP contribution in [0.15, 0.2) is 18.2 Å². The molecule has 0 saturated heterocycles. The molecule has 0 spiro atoms. The number of hydrogen-bond acceptors (Lipinski definition) is 2. The summed E-state index contributed by atoms with van der Waals surface area (Å²) in [5.41, 5.74) is 2.19. The van der Waals surface area contributed by atoms with Crippen LogP contribution in [0.2, 0.25) is 5.15 Å². The number of halogens is 3. The van der Waals surface area contributed by atoms with Crippen molar-refractivity contribution in [3.8, 4) is 11.4 Å². The van der Waals surface area contributed by atoms with Crippen LogP contribution in [-0.2, 0) is 5.41 Å². The van der Waals surface area contributed by atoms with Crippen molar-refractivity contribution in [1.82, 2.24) is 9.97 Å². The molecule has 0 bridgehead atoms. The molecule has 0 atom stereocenters. The fourth-order valence-electron chi connectivity index (χ4n) is 1.91. The third kappa shape index (κ3) is 3.28. The quantitative estimate of drug-likeness (QED) is 0.485. The van der Waals surface area contributed by atoms with Crippen LogP contribution in [0.4, 0.5) is 4.39 Å². The zero-order valence-corrected chi connectivity index (χ0v) is 14.7.